The predicted molar refractivity (Wildman–Crippen MR) is 101 cm³/mol. The second-order valence-electron chi connectivity index (χ2n) is 7.10. The van der Waals surface area contributed by atoms with Crippen LogP contribution < -0.4 is 4.74 Å². The van der Waals surface area contributed by atoms with Gasteiger partial charge in [0.1, 0.15) is 12.4 Å². The van der Waals surface area contributed by atoms with Crippen LogP contribution in [0.3, 0.4) is 0 Å². The minimum atomic E-state index is -1.07. The van der Waals surface area contributed by atoms with Crippen molar-refractivity contribution in [3.05, 3.63) is 29.8 Å². The Morgan fingerprint density at radius 3 is 2.39 bits per heavy atom. The number of aliphatic carboxylic acids is 1. The van der Waals surface area contributed by atoms with Crippen molar-refractivity contribution in [3.8, 4) is 5.75 Å². The number of hydrogen-bond donors (Lipinski definition) is 2. The number of benzene rings is 1. The molecule has 2 atom stereocenters. The molecule has 0 saturated heterocycles. The van der Waals surface area contributed by atoms with Gasteiger partial charge >= 0.3 is 5.97 Å². The molecule has 0 bridgehead atoms. The number of carbonyl (C=O) groups excluding carboxylic acids is 1. The topological polar surface area (TPSA) is 83.8 Å². The van der Waals surface area contributed by atoms with Crippen molar-refractivity contribution in [3.63, 3.8) is 0 Å². The van der Waals surface area contributed by atoms with Gasteiger partial charge in [0.05, 0.1) is 6.10 Å². The van der Waals surface area contributed by atoms with E-state index in [-0.39, 0.29) is 30.5 Å². The van der Waals surface area contributed by atoms with E-state index < -0.39 is 23.7 Å². The van der Waals surface area contributed by atoms with Crippen molar-refractivity contribution in [1.82, 2.24) is 0 Å². The maximum absolute atomic E-state index is 13.5. The van der Waals surface area contributed by atoms with Gasteiger partial charge in [-0.2, -0.15) is 4.39 Å². The Hall–Kier alpha value is -2.02. The molecule has 158 valence electrons. The summed E-state index contributed by atoms with van der Waals surface area (Å²) in [5.41, 5.74) is 0. The number of unbranched alkanes of at least 4 members (excludes halogenated alkanes) is 3. The fourth-order valence-electron chi connectivity index (χ4n) is 3.04. The van der Waals surface area contributed by atoms with Crippen LogP contribution in [0.5, 0.6) is 5.75 Å². The number of halogens is 2. The highest BCUT2D eigenvalue weighted by molar-refractivity contribution is 5.78. The van der Waals surface area contributed by atoms with Crippen molar-refractivity contribution in [1.29, 1.82) is 0 Å². The molecule has 0 amide bonds. The lowest BCUT2D eigenvalue weighted by Gasteiger charge is -2.16. The normalized spacial score (nSPS) is 13.1. The number of rotatable bonds is 15. The van der Waals surface area contributed by atoms with E-state index in [1.165, 1.54) is 12.1 Å². The average molecular weight is 400 g/mol. The number of carbonyl (C=O) groups is 2. The standard InChI is InChI=1S/C21H30F2O5/c1-15(24)16(8-4-2-3-5-13-20(26)27)9-6-10-17(25)14-28-19-12-7-11-18(22)21(19)23/h7,11-12,16-17,25H,2-6,8-10,13-14H2,1H3,(H,26,27). The molecule has 1 rings (SSSR count). The molecule has 2 N–H and O–H groups in total. The van der Waals surface area contributed by atoms with Gasteiger partial charge in [-0.05, 0) is 44.7 Å². The summed E-state index contributed by atoms with van der Waals surface area (Å²) in [5, 5.41) is 18.6. The minimum absolute atomic E-state index is 0.0757. The lowest BCUT2D eigenvalue weighted by atomic mass is 9.91. The Bertz CT molecular complexity index is 621. The summed E-state index contributed by atoms with van der Waals surface area (Å²) in [6, 6.07) is 3.62. The van der Waals surface area contributed by atoms with Crippen LogP contribution in [-0.2, 0) is 9.59 Å². The van der Waals surface area contributed by atoms with Crippen LogP contribution in [0.25, 0.3) is 0 Å². The van der Waals surface area contributed by atoms with Crippen molar-refractivity contribution in [2.75, 3.05) is 6.61 Å². The van der Waals surface area contributed by atoms with Crippen molar-refractivity contribution in [2.45, 2.75) is 70.8 Å². The molecule has 28 heavy (non-hydrogen) atoms. The Kier molecular flexibility index (Phi) is 11.3. The van der Waals surface area contributed by atoms with Crippen LogP contribution in [0.1, 0.15) is 64.7 Å². The van der Waals surface area contributed by atoms with Crippen LogP contribution in [0.2, 0.25) is 0 Å². The van der Waals surface area contributed by atoms with Crippen molar-refractivity contribution >= 4 is 11.8 Å². The molecular weight excluding hydrogens is 370 g/mol. The first kappa shape index (κ1) is 24.0. The van der Waals surface area contributed by atoms with E-state index in [2.05, 4.69) is 0 Å². The van der Waals surface area contributed by atoms with E-state index >= 15 is 0 Å². The van der Waals surface area contributed by atoms with Crippen molar-refractivity contribution < 1.29 is 33.3 Å². The Labute approximate surface area is 164 Å². The van der Waals surface area contributed by atoms with Gasteiger partial charge in [-0.15, -0.1) is 0 Å². The number of carboxylic acids is 1. The zero-order valence-corrected chi connectivity index (χ0v) is 16.3. The number of hydrogen-bond acceptors (Lipinski definition) is 4. The largest absolute Gasteiger partial charge is 0.488 e. The first-order valence-electron chi connectivity index (χ1n) is 9.78. The Balaban J connectivity index is 2.23. The molecule has 7 heteroatoms. The molecule has 5 nitrogen and oxygen atoms in total. The fraction of sp³-hybridized carbons (Fsp3) is 0.619. The van der Waals surface area contributed by atoms with Crippen LogP contribution in [0, 0.1) is 17.6 Å². The quantitative estimate of drug-likeness (QED) is 0.423. The minimum Gasteiger partial charge on any atom is -0.488 e. The highest BCUT2D eigenvalue weighted by Gasteiger charge is 2.16. The summed E-state index contributed by atoms with van der Waals surface area (Å²) >= 11 is 0. The monoisotopic (exact) mass is 400 g/mol. The van der Waals surface area contributed by atoms with Gasteiger partial charge in [0.2, 0.25) is 5.82 Å². The van der Waals surface area contributed by atoms with Gasteiger partial charge in [-0.3, -0.25) is 9.59 Å². The summed E-state index contributed by atoms with van der Waals surface area (Å²) in [6.07, 6.45) is 5.03. The molecule has 2 unspecified atom stereocenters. The third kappa shape index (κ3) is 9.78. The first-order valence-corrected chi connectivity index (χ1v) is 9.78. The predicted octanol–water partition coefficient (Wildman–Crippen LogP) is 4.51. The number of ether oxygens (including phenoxy) is 1. The highest BCUT2D eigenvalue weighted by atomic mass is 19.2. The summed E-state index contributed by atoms with van der Waals surface area (Å²) in [5.74, 6) is -3.06. The highest BCUT2D eigenvalue weighted by Crippen LogP contribution is 2.21. The molecule has 0 radical (unpaired) electrons. The molecule has 0 aliphatic carbocycles. The molecule has 0 heterocycles. The van der Waals surface area contributed by atoms with E-state index in [9.17, 15) is 23.5 Å². The van der Waals surface area contributed by atoms with Crippen LogP contribution in [0.15, 0.2) is 18.2 Å². The van der Waals surface area contributed by atoms with Crippen molar-refractivity contribution in [2.24, 2.45) is 5.92 Å². The number of ketones is 1. The zero-order chi connectivity index (χ0) is 20.9. The summed E-state index contributed by atoms with van der Waals surface area (Å²) in [7, 11) is 0. The molecule has 0 aromatic heterocycles. The first-order chi connectivity index (χ1) is 13.3. The number of Topliss-reactive ketones (excluding diaryl/α,β-unsaturated/α-hetero) is 1. The molecule has 1 aromatic rings. The molecule has 0 aliphatic heterocycles. The summed E-state index contributed by atoms with van der Waals surface area (Å²) in [4.78, 5) is 22.2. The van der Waals surface area contributed by atoms with Gasteiger partial charge in [-0.1, -0.05) is 31.7 Å². The summed E-state index contributed by atoms with van der Waals surface area (Å²) in [6.45, 7) is 1.41. The van der Waals surface area contributed by atoms with Gasteiger partial charge < -0.3 is 14.9 Å². The van der Waals surface area contributed by atoms with E-state index in [4.69, 9.17) is 9.84 Å². The number of aliphatic hydroxyl groups is 1. The zero-order valence-electron chi connectivity index (χ0n) is 16.3. The van der Waals surface area contributed by atoms with Gasteiger partial charge in [-0.25, -0.2) is 4.39 Å². The lowest BCUT2D eigenvalue weighted by Crippen LogP contribution is -2.19. The lowest BCUT2D eigenvalue weighted by molar-refractivity contribution is -0.137. The van der Waals surface area contributed by atoms with Gasteiger partial charge in [0, 0.05) is 12.3 Å². The van der Waals surface area contributed by atoms with Crippen LogP contribution >= 0.6 is 0 Å². The second-order valence-corrected chi connectivity index (χ2v) is 7.10. The Morgan fingerprint density at radius 1 is 1.04 bits per heavy atom. The molecule has 0 saturated carbocycles. The molecule has 0 aliphatic rings. The smallest absolute Gasteiger partial charge is 0.303 e. The Morgan fingerprint density at radius 2 is 1.71 bits per heavy atom. The maximum atomic E-state index is 13.5. The maximum Gasteiger partial charge on any atom is 0.303 e. The third-order valence-electron chi connectivity index (χ3n) is 4.71. The second kappa shape index (κ2) is 13.2. The molecule has 0 spiro atoms. The molecular formula is C21H30F2O5. The van der Waals surface area contributed by atoms with Gasteiger partial charge in [0.25, 0.3) is 0 Å². The van der Waals surface area contributed by atoms with Crippen LogP contribution in [-0.4, -0.2) is 34.7 Å². The molecule has 0 fully saturated rings. The van der Waals surface area contributed by atoms with Crippen LogP contribution in [0.4, 0.5) is 8.78 Å². The number of aliphatic hydroxyl groups excluding tert-OH is 1. The van der Waals surface area contributed by atoms with E-state index in [0.29, 0.717) is 25.7 Å². The fourth-order valence-corrected chi connectivity index (χ4v) is 3.04. The van der Waals surface area contributed by atoms with Gasteiger partial charge in [0.15, 0.2) is 11.6 Å². The summed E-state index contributed by atoms with van der Waals surface area (Å²) < 4.78 is 31.7. The van der Waals surface area contributed by atoms with E-state index in [0.717, 1.165) is 31.7 Å². The van der Waals surface area contributed by atoms with E-state index in [1.807, 2.05) is 0 Å². The average Bonchev–Trinajstić information content (AvgIpc) is 2.63. The SMILES string of the molecule is CC(=O)C(CCCCCCC(=O)O)CCCC(O)COc1cccc(F)c1F. The molecule has 1 aromatic carbocycles. The third-order valence-corrected chi connectivity index (χ3v) is 4.71. The number of carboxylic acid groups (broad SMARTS) is 1. The van der Waals surface area contributed by atoms with E-state index in [1.54, 1.807) is 6.92 Å².